The van der Waals surface area contributed by atoms with Gasteiger partial charge in [-0.15, -0.1) is 0 Å². The van der Waals surface area contributed by atoms with Crippen LogP contribution in [0.4, 0.5) is 5.69 Å². The van der Waals surface area contributed by atoms with Gasteiger partial charge in [-0.25, -0.2) is 4.79 Å². The number of carboxylic acids is 1. The molecule has 2 rings (SSSR count). The lowest BCUT2D eigenvalue weighted by Crippen LogP contribution is -2.20. The van der Waals surface area contributed by atoms with E-state index in [0.717, 1.165) is 37.2 Å². The number of carbonyl (C=O) groups is 1. The van der Waals surface area contributed by atoms with E-state index in [9.17, 15) is 9.90 Å². The molecule has 0 unspecified atom stereocenters. The van der Waals surface area contributed by atoms with Crippen molar-refractivity contribution in [1.29, 1.82) is 5.26 Å². The molecule has 1 aromatic carbocycles. The zero-order valence-electron chi connectivity index (χ0n) is 9.52. The number of carboxylic acid groups (broad SMARTS) is 1. The third-order valence-electron chi connectivity index (χ3n) is 3.02. The first kappa shape index (κ1) is 11.5. The summed E-state index contributed by atoms with van der Waals surface area (Å²) in [6.45, 7) is 1.83. The van der Waals surface area contributed by atoms with Crippen LogP contribution in [0, 0.1) is 11.3 Å². The first-order valence-corrected chi connectivity index (χ1v) is 5.70. The zero-order chi connectivity index (χ0) is 12.3. The van der Waals surface area contributed by atoms with Gasteiger partial charge in [0.1, 0.15) is 0 Å². The fraction of sp³-hybridized carbons (Fsp3) is 0.385. The maximum Gasteiger partial charge on any atom is 0.337 e. The number of hydrogen-bond donors (Lipinski definition) is 1. The van der Waals surface area contributed by atoms with Crippen molar-refractivity contribution < 1.29 is 9.90 Å². The molecule has 0 aliphatic carbocycles. The molecule has 0 aromatic heterocycles. The van der Waals surface area contributed by atoms with Gasteiger partial charge < -0.3 is 10.0 Å². The Kier molecular flexibility index (Phi) is 3.29. The Morgan fingerprint density at radius 2 is 2.12 bits per heavy atom. The number of nitriles is 1. The maximum atomic E-state index is 11.2. The third-order valence-corrected chi connectivity index (χ3v) is 3.02. The average Bonchev–Trinajstić information content (AvgIpc) is 2.82. The van der Waals surface area contributed by atoms with Crippen LogP contribution in [0.1, 0.15) is 28.8 Å². The van der Waals surface area contributed by atoms with Crippen LogP contribution in [0.25, 0.3) is 0 Å². The molecule has 0 spiro atoms. The van der Waals surface area contributed by atoms with Gasteiger partial charge in [0.05, 0.1) is 23.7 Å². The fourth-order valence-electron chi connectivity index (χ4n) is 2.19. The molecule has 0 bridgehead atoms. The van der Waals surface area contributed by atoms with Crippen LogP contribution in [0.3, 0.4) is 0 Å². The molecule has 0 saturated carbocycles. The molecule has 4 nitrogen and oxygen atoms in total. The van der Waals surface area contributed by atoms with Crippen LogP contribution in [0.5, 0.6) is 0 Å². The highest BCUT2D eigenvalue weighted by molar-refractivity contribution is 5.94. The molecule has 1 heterocycles. The van der Waals surface area contributed by atoms with Crippen LogP contribution in [0.2, 0.25) is 0 Å². The molecular weight excluding hydrogens is 216 g/mol. The van der Waals surface area contributed by atoms with Gasteiger partial charge in [0.2, 0.25) is 0 Å². The number of benzene rings is 1. The number of aromatic carboxylic acids is 1. The highest BCUT2D eigenvalue weighted by Gasteiger charge is 2.19. The van der Waals surface area contributed by atoms with Gasteiger partial charge in [0.25, 0.3) is 0 Å². The Balaban J connectivity index is 2.37. The lowest BCUT2D eigenvalue weighted by Gasteiger charge is -2.20. The summed E-state index contributed by atoms with van der Waals surface area (Å²) >= 11 is 0. The molecule has 1 N–H and O–H groups in total. The highest BCUT2D eigenvalue weighted by atomic mass is 16.4. The molecule has 0 amide bonds. The summed E-state index contributed by atoms with van der Waals surface area (Å²) in [4.78, 5) is 13.3. The van der Waals surface area contributed by atoms with Crippen molar-refractivity contribution in [3.05, 3.63) is 29.3 Å². The zero-order valence-corrected chi connectivity index (χ0v) is 9.52. The van der Waals surface area contributed by atoms with Crippen LogP contribution >= 0.6 is 0 Å². The number of rotatable bonds is 3. The summed E-state index contributed by atoms with van der Waals surface area (Å²) in [6, 6.07) is 7.30. The summed E-state index contributed by atoms with van der Waals surface area (Å²) in [5.74, 6) is -0.924. The topological polar surface area (TPSA) is 64.3 Å². The molecule has 1 aliphatic heterocycles. The quantitative estimate of drug-likeness (QED) is 0.863. The minimum atomic E-state index is -0.924. The monoisotopic (exact) mass is 230 g/mol. The van der Waals surface area contributed by atoms with E-state index in [1.54, 1.807) is 6.07 Å². The first-order valence-electron chi connectivity index (χ1n) is 5.70. The molecule has 1 aromatic rings. The van der Waals surface area contributed by atoms with E-state index in [2.05, 4.69) is 4.90 Å². The second-order valence-electron chi connectivity index (χ2n) is 4.19. The Morgan fingerprint density at radius 1 is 1.41 bits per heavy atom. The summed E-state index contributed by atoms with van der Waals surface area (Å²) in [5.41, 5.74) is 1.84. The van der Waals surface area contributed by atoms with Gasteiger partial charge >= 0.3 is 5.97 Å². The van der Waals surface area contributed by atoms with E-state index in [4.69, 9.17) is 5.26 Å². The van der Waals surface area contributed by atoms with Crippen molar-refractivity contribution in [2.75, 3.05) is 18.0 Å². The van der Waals surface area contributed by atoms with Gasteiger partial charge in [0, 0.05) is 13.1 Å². The van der Waals surface area contributed by atoms with Gasteiger partial charge in [-0.05, 0) is 30.5 Å². The molecule has 1 aliphatic rings. The minimum absolute atomic E-state index is 0.251. The standard InChI is InChI=1S/C13H14N2O2/c14-6-5-10-3-4-12(11(9-10)13(16)17)15-7-1-2-8-15/h3-4,9H,1-2,5,7-8H2,(H,16,17). The van der Waals surface area contributed by atoms with E-state index in [-0.39, 0.29) is 6.42 Å². The van der Waals surface area contributed by atoms with E-state index < -0.39 is 5.97 Å². The van der Waals surface area contributed by atoms with E-state index in [0.29, 0.717) is 5.56 Å². The third kappa shape index (κ3) is 2.39. The fourth-order valence-corrected chi connectivity index (χ4v) is 2.19. The molecule has 1 fully saturated rings. The Labute approximate surface area is 100 Å². The van der Waals surface area contributed by atoms with Gasteiger partial charge in [0.15, 0.2) is 0 Å². The molecule has 88 valence electrons. The van der Waals surface area contributed by atoms with Crippen molar-refractivity contribution in [3.63, 3.8) is 0 Å². The first-order chi connectivity index (χ1) is 8.22. The van der Waals surface area contributed by atoms with E-state index in [1.165, 1.54) is 0 Å². The van der Waals surface area contributed by atoms with Crippen molar-refractivity contribution in [2.45, 2.75) is 19.3 Å². The normalized spacial score (nSPS) is 14.6. The van der Waals surface area contributed by atoms with E-state index >= 15 is 0 Å². The molecular formula is C13H14N2O2. The summed E-state index contributed by atoms with van der Waals surface area (Å²) in [7, 11) is 0. The average molecular weight is 230 g/mol. The predicted octanol–water partition coefficient (Wildman–Crippen LogP) is 2.05. The SMILES string of the molecule is N#CCc1ccc(N2CCCC2)c(C(=O)O)c1. The van der Waals surface area contributed by atoms with Gasteiger partial charge in [-0.1, -0.05) is 6.07 Å². The maximum absolute atomic E-state index is 11.2. The second kappa shape index (κ2) is 4.88. The van der Waals surface area contributed by atoms with Crippen molar-refractivity contribution in [2.24, 2.45) is 0 Å². The Morgan fingerprint density at radius 3 is 2.71 bits per heavy atom. The number of hydrogen-bond acceptors (Lipinski definition) is 3. The summed E-state index contributed by atoms with van der Waals surface area (Å²) < 4.78 is 0. The van der Waals surface area contributed by atoms with Crippen LogP contribution in [-0.4, -0.2) is 24.2 Å². The molecule has 4 heteroatoms. The largest absolute Gasteiger partial charge is 0.478 e. The van der Waals surface area contributed by atoms with Crippen molar-refractivity contribution >= 4 is 11.7 Å². The highest BCUT2D eigenvalue weighted by Crippen LogP contribution is 2.25. The smallest absolute Gasteiger partial charge is 0.337 e. The lowest BCUT2D eigenvalue weighted by atomic mass is 10.1. The van der Waals surface area contributed by atoms with Gasteiger partial charge in [-0.3, -0.25) is 0 Å². The predicted molar refractivity (Wildman–Crippen MR) is 64.2 cm³/mol. The minimum Gasteiger partial charge on any atom is -0.478 e. The Hall–Kier alpha value is -2.02. The van der Waals surface area contributed by atoms with Crippen LogP contribution in [-0.2, 0) is 6.42 Å². The van der Waals surface area contributed by atoms with E-state index in [1.807, 2.05) is 18.2 Å². The summed E-state index contributed by atoms with van der Waals surface area (Å²) in [6.07, 6.45) is 2.47. The molecule has 0 radical (unpaired) electrons. The molecule has 17 heavy (non-hydrogen) atoms. The van der Waals surface area contributed by atoms with Crippen LogP contribution < -0.4 is 4.90 Å². The van der Waals surface area contributed by atoms with Crippen LogP contribution in [0.15, 0.2) is 18.2 Å². The van der Waals surface area contributed by atoms with Crippen molar-refractivity contribution in [3.8, 4) is 6.07 Å². The van der Waals surface area contributed by atoms with Gasteiger partial charge in [-0.2, -0.15) is 5.26 Å². The lowest BCUT2D eigenvalue weighted by molar-refractivity contribution is 0.0697. The second-order valence-corrected chi connectivity index (χ2v) is 4.19. The molecule has 0 atom stereocenters. The summed E-state index contributed by atoms with van der Waals surface area (Å²) in [5, 5.41) is 17.8. The number of anilines is 1. The number of nitrogens with zero attached hydrogens (tertiary/aromatic N) is 2. The molecule has 1 saturated heterocycles. The van der Waals surface area contributed by atoms with Crippen molar-refractivity contribution in [1.82, 2.24) is 0 Å². The Bertz CT molecular complexity index is 471.